The molecular weight excluding hydrogens is 399 g/mol. The summed E-state index contributed by atoms with van der Waals surface area (Å²) in [5.41, 5.74) is 2.36. The zero-order chi connectivity index (χ0) is 15.0. The van der Waals surface area contributed by atoms with Crippen molar-refractivity contribution in [2.45, 2.75) is 17.2 Å². The summed E-state index contributed by atoms with van der Waals surface area (Å²) < 4.78 is 19.4. The number of methoxy groups -OCH3 is 1. The van der Waals surface area contributed by atoms with E-state index in [2.05, 4.69) is 56.1 Å². The fourth-order valence-corrected chi connectivity index (χ4v) is 4.09. The molecule has 0 amide bonds. The van der Waals surface area contributed by atoms with Gasteiger partial charge in [0.1, 0.15) is 11.6 Å². The minimum atomic E-state index is -0.300. The number of hydrogen-bond donors (Lipinski definition) is 0. The molecule has 4 heteroatoms. The molecule has 0 spiro atoms. The first-order valence-electron chi connectivity index (χ1n) is 6.83. The van der Waals surface area contributed by atoms with Gasteiger partial charge < -0.3 is 4.74 Å². The number of benzene rings is 2. The smallest absolute Gasteiger partial charge is 0.141 e. The molecule has 110 valence electrons. The average Bonchev–Trinajstić information content (AvgIpc) is 3.30. The highest BCUT2D eigenvalue weighted by Crippen LogP contribution is 2.58. The van der Waals surface area contributed by atoms with E-state index >= 15 is 0 Å². The van der Waals surface area contributed by atoms with Crippen molar-refractivity contribution in [2.24, 2.45) is 5.92 Å². The fourth-order valence-electron chi connectivity index (χ4n) is 2.79. The third-order valence-corrected chi connectivity index (χ3v) is 5.79. The first kappa shape index (κ1) is 15.0. The van der Waals surface area contributed by atoms with Crippen LogP contribution in [0.15, 0.2) is 46.9 Å². The monoisotopic (exact) mass is 412 g/mol. The highest BCUT2D eigenvalue weighted by molar-refractivity contribution is 9.10. The van der Waals surface area contributed by atoms with Gasteiger partial charge in [0.05, 0.1) is 11.6 Å². The summed E-state index contributed by atoms with van der Waals surface area (Å²) in [6, 6.07) is 13.8. The van der Waals surface area contributed by atoms with Crippen molar-refractivity contribution in [1.29, 1.82) is 0 Å². The first-order valence-corrected chi connectivity index (χ1v) is 8.54. The molecule has 0 heterocycles. The van der Waals surface area contributed by atoms with Crippen LogP contribution >= 0.6 is 31.9 Å². The molecule has 2 aromatic rings. The van der Waals surface area contributed by atoms with Crippen LogP contribution < -0.4 is 4.74 Å². The minimum absolute atomic E-state index is 0.162. The van der Waals surface area contributed by atoms with Crippen LogP contribution in [0.3, 0.4) is 0 Å². The van der Waals surface area contributed by atoms with E-state index in [9.17, 15) is 4.39 Å². The topological polar surface area (TPSA) is 9.23 Å². The Morgan fingerprint density at radius 2 is 1.95 bits per heavy atom. The normalized spacial score (nSPS) is 21.9. The van der Waals surface area contributed by atoms with E-state index in [1.54, 1.807) is 7.11 Å². The number of alkyl halides is 1. The van der Waals surface area contributed by atoms with E-state index in [1.165, 1.54) is 11.6 Å². The molecule has 3 rings (SSSR count). The Morgan fingerprint density at radius 3 is 2.62 bits per heavy atom. The van der Waals surface area contributed by atoms with Crippen LogP contribution in [0.25, 0.3) is 0 Å². The second-order valence-corrected chi connectivity index (χ2v) is 7.17. The van der Waals surface area contributed by atoms with Crippen molar-refractivity contribution in [3.63, 3.8) is 0 Å². The van der Waals surface area contributed by atoms with Gasteiger partial charge in [-0.3, -0.25) is 0 Å². The predicted molar refractivity (Wildman–Crippen MR) is 89.6 cm³/mol. The first-order chi connectivity index (χ1) is 10.1. The van der Waals surface area contributed by atoms with Gasteiger partial charge in [-0.15, -0.1) is 0 Å². The molecule has 0 saturated heterocycles. The molecule has 2 aromatic carbocycles. The van der Waals surface area contributed by atoms with E-state index in [0.717, 1.165) is 12.0 Å². The standard InChI is InChI=1S/C17H15Br2FO/c1-21-16-9-15(20)14(18)8-13(16)17(19)12-7-11(12)10-5-3-2-4-6-10/h2-6,8-9,11-12,17H,7H2,1H3. The maximum Gasteiger partial charge on any atom is 0.141 e. The Labute approximate surface area is 140 Å². The van der Waals surface area contributed by atoms with Gasteiger partial charge in [0.15, 0.2) is 0 Å². The largest absolute Gasteiger partial charge is 0.496 e. The van der Waals surface area contributed by atoms with Crippen LogP contribution in [0.1, 0.15) is 28.3 Å². The lowest BCUT2D eigenvalue weighted by molar-refractivity contribution is 0.404. The molecule has 0 aromatic heterocycles. The Balaban J connectivity index is 1.84. The lowest BCUT2D eigenvalue weighted by atomic mass is 10.0. The summed E-state index contributed by atoms with van der Waals surface area (Å²) in [6.07, 6.45) is 1.14. The average molecular weight is 414 g/mol. The molecule has 1 saturated carbocycles. The van der Waals surface area contributed by atoms with Crippen molar-refractivity contribution in [3.05, 3.63) is 63.9 Å². The zero-order valence-corrected chi connectivity index (χ0v) is 14.7. The fraction of sp³-hybridized carbons (Fsp3) is 0.294. The SMILES string of the molecule is COc1cc(F)c(Br)cc1C(Br)C1CC1c1ccccc1. The van der Waals surface area contributed by atoms with Crippen molar-refractivity contribution < 1.29 is 9.13 Å². The molecule has 1 aliphatic rings. The zero-order valence-electron chi connectivity index (χ0n) is 11.5. The van der Waals surface area contributed by atoms with E-state index in [-0.39, 0.29) is 10.6 Å². The van der Waals surface area contributed by atoms with Gasteiger partial charge in [-0.1, -0.05) is 46.3 Å². The number of hydrogen-bond acceptors (Lipinski definition) is 1. The van der Waals surface area contributed by atoms with Gasteiger partial charge in [-0.25, -0.2) is 4.39 Å². The molecule has 1 aliphatic carbocycles. The number of ether oxygens (including phenoxy) is 1. The molecule has 0 bridgehead atoms. The quantitative estimate of drug-likeness (QED) is 0.572. The van der Waals surface area contributed by atoms with Crippen molar-refractivity contribution in [2.75, 3.05) is 7.11 Å². The Morgan fingerprint density at radius 1 is 1.24 bits per heavy atom. The van der Waals surface area contributed by atoms with Gasteiger partial charge in [-0.2, -0.15) is 0 Å². The lowest BCUT2D eigenvalue weighted by Crippen LogP contribution is -2.00. The van der Waals surface area contributed by atoms with Crippen LogP contribution in [-0.4, -0.2) is 7.11 Å². The van der Waals surface area contributed by atoms with Crippen molar-refractivity contribution in [3.8, 4) is 5.75 Å². The molecule has 3 atom stereocenters. The van der Waals surface area contributed by atoms with Crippen molar-refractivity contribution >= 4 is 31.9 Å². The second-order valence-electron chi connectivity index (χ2n) is 5.33. The Hall–Kier alpha value is -0.870. The summed E-state index contributed by atoms with van der Waals surface area (Å²) in [5, 5.41) is 0. The van der Waals surface area contributed by atoms with E-state index in [0.29, 0.717) is 22.1 Å². The van der Waals surface area contributed by atoms with Gasteiger partial charge >= 0.3 is 0 Å². The summed E-state index contributed by atoms with van der Waals surface area (Å²) in [4.78, 5) is 0.162. The summed E-state index contributed by atoms with van der Waals surface area (Å²) in [5.74, 6) is 1.37. The van der Waals surface area contributed by atoms with Gasteiger partial charge in [0, 0.05) is 16.5 Å². The Kier molecular flexibility index (Phi) is 4.36. The summed E-state index contributed by atoms with van der Waals surface area (Å²) >= 11 is 7.03. The molecule has 1 fully saturated rings. The third kappa shape index (κ3) is 3.02. The maximum atomic E-state index is 13.6. The van der Waals surface area contributed by atoms with Crippen LogP contribution in [0.4, 0.5) is 4.39 Å². The highest BCUT2D eigenvalue weighted by Gasteiger charge is 2.44. The van der Waals surface area contributed by atoms with E-state index in [4.69, 9.17) is 4.74 Å². The van der Waals surface area contributed by atoms with Crippen LogP contribution in [0, 0.1) is 11.7 Å². The van der Waals surface area contributed by atoms with E-state index < -0.39 is 0 Å². The van der Waals surface area contributed by atoms with Crippen LogP contribution in [-0.2, 0) is 0 Å². The van der Waals surface area contributed by atoms with Crippen molar-refractivity contribution in [1.82, 2.24) is 0 Å². The second kappa shape index (κ2) is 6.09. The molecular formula is C17H15Br2FO. The summed E-state index contributed by atoms with van der Waals surface area (Å²) in [6.45, 7) is 0. The maximum absolute atomic E-state index is 13.6. The third-order valence-electron chi connectivity index (χ3n) is 4.01. The molecule has 1 nitrogen and oxygen atoms in total. The molecule has 0 radical (unpaired) electrons. The minimum Gasteiger partial charge on any atom is -0.496 e. The van der Waals surface area contributed by atoms with Crippen LogP contribution in [0.5, 0.6) is 5.75 Å². The molecule has 0 aliphatic heterocycles. The molecule has 3 unspecified atom stereocenters. The molecule has 0 N–H and O–H groups in total. The Bertz CT molecular complexity index is 645. The summed E-state index contributed by atoms with van der Waals surface area (Å²) in [7, 11) is 1.58. The van der Waals surface area contributed by atoms with E-state index in [1.807, 2.05) is 12.1 Å². The van der Waals surface area contributed by atoms with Crippen LogP contribution in [0.2, 0.25) is 0 Å². The predicted octanol–water partition coefficient (Wildman–Crippen LogP) is 5.84. The number of rotatable bonds is 4. The lowest BCUT2D eigenvalue weighted by Gasteiger charge is -2.15. The van der Waals surface area contributed by atoms with Gasteiger partial charge in [-0.05, 0) is 45.8 Å². The number of halogens is 3. The van der Waals surface area contributed by atoms with Gasteiger partial charge in [0.2, 0.25) is 0 Å². The highest BCUT2D eigenvalue weighted by atomic mass is 79.9. The molecule has 21 heavy (non-hydrogen) atoms. The van der Waals surface area contributed by atoms with Gasteiger partial charge in [0.25, 0.3) is 0 Å².